The molecule has 0 bridgehead atoms. The van der Waals surface area contributed by atoms with Crippen molar-refractivity contribution in [1.29, 1.82) is 0 Å². The molecule has 0 spiro atoms. The number of rotatable bonds is 6. The van der Waals surface area contributed by atoms with Crippen molar-refractivity contribution in [2.75, 3.05) is 17.3 Å². The Morgan fingerprint density at radius 1 is 1.02 bits per heavy atom. The summed E-state index contributed by atoms with van der Waals surface area (Å²) < 4.78 is 29.1. The first-order chi connectivity index (χ1) is 19.8. The molecule has 4 aromatic rings. The van der Waals surface area contributed by atoms with Gasteiger partial charge in [0.2, 0.25) is 5.96 Å². The van der Waals surface area contributed by atoms with Gasteiger partial charge in [0, 0.05) is 37.0 Å². The van der Waals surface area contributed by atoms with Gasteiger partial charge in [0.05, 0.1) is 24.3 Å². The fourth-order valence-electron chi connectivity index (χ4n) is 6.02. The number of pyridine rings is 1. The molecule has 1 aliphatic carbocycles. The van der Waals surface area contributed by atoms with Crippen molar-refractivity contribution in [3.05, 3.63) is 89.6 Å². The van der Waals surface area contributed by atoms with Crippen LogP contribution >= 0.6 is 0 Å². The maximum absolute atomic E-state index is 13.7. The van der Waals surface area contributed by atoms with Crippen molar-refractivity contribution in [2.45, 2.75) is 50.7 Å². The van der Waals surface area contributed by atoms with Crippen LogP contribution < -0.4 is 10.2 Å². The molecule has 0 radical (unpaired) electrons. The molecule has 0 saturated heterocycles. The van der Waals surface area contributed by atoms with E-state index in [0.29, 0.717) is 29.6 Å². The van der Waals surface area contributed by atoms with E-state index in [-0.39, 0.29) is 23.6 Å². The van der Waals surface area contributed by atoms with Crippen LogP contribution in [-0.4, -0.2) is 50.7 Å². The van der Waals surface area contributed by atoms with Gasteiger partial charge in [-0.15, -0.1) is 0 Å². The number of guanidine groups is 1. The summed E-state index contributed by atoms with van der Waals surface area (Å²) >= 11 is 0. The van der Waals surface area contributed by atoms with Gasteiger partial charge in [-0.1, -0.05) is 42.5 Å². The number of anilines is 3. The van der Waals surface area contributed by atoms with Crippen LogP contribution in [0.4, 0.5) is 26.1 Å². The van der Waals surface area contributed by atoms with Gasteiger partial charge in [0.15, 0.2) is 5.82 Å². The lowest BCUT2D eigenvalue weighted by atomic mass is 10.1. The Morgan fingerprint density at radius 2 is 1.80 bits per heavy atom. The molecule has 1 fully saturated rings. The highest BCUT2D eigenvalue weighted by molar-refractivity contribution is 6.21. The Bertz CT molecular complexity index is 1640. The monoisotopic (exact) mass is 553 g/mol. The number of alkyl halides is 2. The maximum Gasteiger partial charge on any atom is 0.272 e. The molecule has 3 aliphatic rings. The van der Waals surface area contributed by atoms with Crippen LogP contribution in [0.2, 0.25) is 0 Å². The molecule has 7 rings (SSSR count). The van der Waals surface area contributed by atoms with Gasteiger partial charge in [-0.25, -0.2) is 18.5 Å². The molecule has 1 N–H and O–H groups in total. The van der Waals surface area contributed by atoms with E-state index >= 15 is 0 Å². The fourth-order valence-corrected chi connectivity index (χ4v) is 6.02. The Kier molecular flexibility index (Phi) is 5.88. The Balaban J connectivity index is 1.25. The van der Waals surface area contributed by atoms with E-state index < -0.39 is 5.92 Å². The molecular weight excluding hydrogens is 524 g/mol. The maximum atomic E-state index is 13.7. The summed E-state index contributed by atoms with van der Waals surface area (Å²) in [5, 5.41) is 8.30. The van der Waals surface area contributed by atoms with Gasteiger partial charge < -0.3 is 5.32 Å². The zero-order valence-corrected chi connectivity index (χ0v) is 22.8. The topological polar surface area (TPSA) is 78.7 Å². The largest absolute Gasteiger partial charge is 0.338 e. The summed E-state index contributed by atoms with van der Waals surface area (Å²) in [6.07, 6.45) is 4.35. The summed E-state index contributed by atoms with van der Waals surface area (Å²) in [5.74, 6) is -1.10. The molecule has 10 heteroatoms. The van der Waals surface area contributed by atoms with Crippen molar-refractivity contribution in [3.8, 4) is 11.3 Å². The molecule has 2 aromatic heterocycles. The molecule has 41 heavy (non-hydrogen) atoms. The third-order valence-electron chi connectivity index (χ3n) is 8.13. The number of benzene rings is 2. The summed E-state index contributed by atoms with van der Waals surface area (Å²) in [6, 6.07) is 20.9. The van der Waals surface area contributed by atoms with Crippen LogP contribution in [0.3, 0.4) is 0 Å². The van der Waals surface area contributed by atoms with E-state index in [2.05, 4.69) is 15.2 Å². The predicted octanol–water partition coefficient (Wildman–Crippen LogP) is 6.03. The molecule has 4 heterocycles. The summed E-state index contributed by atoms with van der Waals surface area (Å²) in [7, 11) is 1.78. The number of aromatic nitrogens is 3. The van der Waals surface area contributed by atoms with Crippen LogP contribution in [-0.2, 0) is 12.5 Å². The number of amides is 1. The van der Waals surface area contributed by atoms with E-state index in [1.807, 2.05) is 59.3 Å². The number of carbonyl (C=O) groups excluding carboxylic acids is 1. The van der Waals surface area contributed by atoms with E-state index in [9.17, 15) is 13.6 Å². The molecule has 0 unspecified atom stereocenters. The highest BCUT2D eigenvalue weighted by Crippen LogP contribution is 2.43. The molecule has 1 saturated carbocycles. The minimum Gasteiger partial charge on any atom is -0.338 e. The highest BCUT2D eigenvalue weighted by atomic mass is 19.3. The van der Waals surface area contributed by atoms with Gasteiger partial charge in [0.25, 0.3) is 11.8 Å². The average Bonchev–Trinajstić information content (AvgIpc) is 3.66. The Morgan fingerprint density at radius 3 is 2.51 bits per heavy atom. The van der Waals surface area contributed by atoms with Crippen LogP contribution in [0, 0.1) is 0 Å². The lowest BCUT2D eigenvalue weighted by Crippen LogP contribution is -2.52. The molecule has 2 aromatic carbocycles. The zero-order chi connectivity index (χ0) is 28.3. The van der Waals surface area contributed by atoms with E-state index in [0.717, 1.165) is 48.8 Å². The number of nitrogens with zero attached hydrogens (tertiary/aromatic N) is 6. The Labute approximate surface area is 236 Å². The number of hydrogen-bond donors (Lipinski definition) is 1. The fraction of sp³-hybridized carbons (Fsp3) is 0.290. The summed E-state index contributed by atoms with van der Waals surface area (Å²) in [4.78, 5) is 26.8. The number of para-hydroxylation sites is 1. The number of halogens is 2. The standard InChI is InChI=1S/C31H29F2N7O/c1-31(32,33)21-15-16-23(34-17-21)20-13-11-19(12-14-20)18-39-28-26(27(37-39)35-22-7-4-3-5-8-22)29(41)38(2)30-36-24-9-6-10-25(24)40(28)30/h3-5,7-8,11-17,24-25H,6,9-10,18H2,1-2H3,(H,35,37)/t24-,25+/m1/s1. The van der Waals surface area contributed by atoms with Crippen LogP contribution in [0.1, 0.15) is 47.7 Å². The van der Waals surface area contributed by atoms with Gasteiger partial charge in [0.1, 0.15) is 11.4 Å². The van der Waals surface area contributed by atoms with Crippen molar-refractivity contribution >= 4 is 29.2 Å². The number of carbonyl (C=O) groups is 1. The number of fused-ring (bicyclic) bond motifs is 5. The third kappa shape index (κ3) is 4.34. The first-order valence-corrected chi connectivity index (χ1v) is 13.8. The average molecular weight is 554 g/mol. The van der Waals surface area contributed by atoms with Crippen LogP contribution in [0.5, 0.6) is 0 Å². The van der Waals surface area contributed by atoms with Gasteiger partial charge in [-0.2, -0.15) is 5.10 Å². The predicted molar refractivity (Wildman–Crippen MR) is 154 cm³/mol. The van der Waals surface area contributed by atoms with Crippen molar-refractivity contribution in [2.24, 2.45) is 4.99 Å². The summed E-state index contributed by atoms with van der Waals surface area (Å²) in [5.41, 5.74) is 3.70. The number of aliphatic imine (C=N–C) groups is 1. The zero-order valence-electron chi connectivity index (χ0n) is 22.8. The quantitative estimate of drug-likeness (QED) is 0.315. The molecule has 2 atom stereocenters. The lowest BCUT2D eigenvalue weighted by molar-refractivity contribution is 0.0171. The second kappa shape index (κ2) is 9.50. The number of hydrogen-bond acceptors (Lipinski definition) is 6. The minimum atomic E-state index is -2.93. The highest BCUT2D eigenvalue weighted by Gasteiger charge is 2.49. The Hall–Kier alpha value is -4.60. The molecular formula is C31H29F2N7O. The van der Waals surface area contributed by atoms with Crippen molar-refractivity contribution in [3.63, 3.8) is 0 Å². The normalized spacial score (nSPS) is 19.6. The number of nitrogens with one attached hydrogen (secondary N) is 1. The first-order valence-electron chi connectivity index (χ1n) is 13.8. The van der Waals surface area contributed by atoms with E-state index in [4.69, 9.17) is 10.1 Å². The summed E-state index contributed by atoms with van der Waals surface area (Å²) in [6.45, 7) is 1.30. The second-order valence-corrected chi connectivity index (χ2v) is 10.9. The van der Waals surface area contributed by atoms with Gasteiger partial charge >= 0.3 is 0 Å². The second-order valence-electron chi connectivity index (χ2n) is 10.9. The SMILES string of the molecule is CN1C(=O)c2c(Nc3ccccc3)nn(Cc3ccc(-c4ccc(C(C)(F)F)cn4)cc3)c2N2C1=N[C@@H]1CCC[C@@H]12. The van der Waals surface area contributed by atoms with E-state index in [1.54, 1.807) is 18.0 Å². The van der Waals surface area contributed by atoms with Crippen LogP contribution in [0.25, 0.3) is 11.3 Å². The molecule has 208 valence electrons. The van der Waals surface area contributed by atoms with Crippen LogP contribution in [0.15, 0.2) is 77.9 Å². The van der Waals surface area contributed by atoms with Crippen molar-refractivity contribution < 1.29 is 13.6 Å². The first kappa shape index (κ1) is 25.4. The molecule has 1 amide bonds. The lowest BCUT2D eigenvalue weighted by Gasteiger charge is -2.35. The third-order valence-corrected chi connectivity index (χ3v) is 8.13. The van der Waals surface area contributed by atoms with Gasteiger partial charge in [-0.05, 0) is 49.1 Å². The smallest absolute Gasteiger partial charge is 0.272 e. The molecule has 8 nitrogen and oxygen atoms in total. The van der Waals surface area contributed by atoms with Crippen molar-refractivity contribution in [1.82, 2.24) is 19.7 Å². The van der Waals surface area contributed by atoms with E-state index in [1.165, 1.54) is 12.3 Å². The molecule has 2 aliphatic heterocycles. The minimum absolute atomic E-state index is 0.115. The van der Waals surface area contributed by atoms with Gasteiger partial charge in [-0.3, -0.25) is 19.6 Å².